The lowest BCUT2D eigenvalue weighted by Gasteiger charge is -2.09. The van der Waals surface area contributed by atoms with Crippen molar-refractivity contribution in [2.45, 2.75) is 6.92 Å². The van der Waals surface area contributed by atoms with Crippen LogP contribution in [0.1, 0.15) is 27.8 Å². The third kappa shape index (κ3) is 4.37. The van der Waals surface area contributed by atoms with Crippen LogP contribution in [-0.2, 0) is 4.74 Å². The summed E-state index contributed by atoms with van der Waals surface area (Å²) in [6.45, 7) is 2.03. The zero-order chi connectivity index (χ0) is 20.8. The third-order valence-corrected chi connectivity index (χ3v) is 4.08. The number of aromatic nitrogens is 1. The molecule has 1 N–H and O–H groups in total. The van der Waals surface area contributed by atoms with Crippen LogP contribution >= 0.6 is 0 Å². The van der Waals surface area contributed by atoms with E-state index in [9.17, 15) is 9.59 Å². The normalized spacial score (nSPS) is 10.3. The summed E-state index contributed by atoms with van der Waals surface area (Å²) in [6.07, 6.45) is 1.20. The average molecular weight is 396 g/mol. The van der Waals surface area contributed by atoms with Crippen molar-refractivity contribution in [3.8, 4) is 22.8 Å². The number of benzene rings is 2. The van der Waals surface area contributed by atoms with E-state index in [0.717, 1.165) is 0 Å². The Morgan fingerprint density at radius 2 is 1.76 bits per heavy atom. The number of oxazole rings is 1. The van der Waals surface area contributed by atoms with Crippen molar-refractivity contribution >= 4 is 17.6 Å². The SMILES string of the molecule is CCOC(=O)c1ccc(NC(=O)c2ncoc2-c2ccc(OC)c(OC)c2)cc1. The maximum atomic E-state index is 12.7. The second-order valence-electron chi connectivity index (χ2n) is 5.85. The molecule has 1 aromatic heterocycles. The number of anilines is 1. The summed E-state index contributed by atoms with van der Waals surface area (Å²) < 4.78 is 20.9. The molecule has 3 aromatic rings. The number of hydrogen-bond acceptors (Lipinski definition) is 7. The predicted octanol–water partition coefficient (Wildman–Crippen LogP) is 3.79. The molecule has 3 rings (SSSR count). The molecule has 0 unspecified atom stereocenters. The second-order valence-corrected chi connectivity index (χ2v) is 5.85. The zero-order valence-electron chi connectivity index (χ0n) is 16.2. The van der Waals surface area contributed by atoms with E-state index in [1.807, 2.05) is 0 Å². The highest BCUT2D eigenvalue weighted by atomic mass is 16.5. The fourth-order valence-electron chi connectivity index (χ4n) is 2.68. The van der Waals surface area contributed by atoms with Gasteiger partial charge in [-0.2, -0.15) is 0 Å². The van der Waals surface area contributed by atoms with Crippen molar-refractivity contribution in [3.63, 3.8) is 0 Å². The standard InChI is InChI=1S/C21H20N2O6/c1-4-28-21(25)13-5-8-15(9-6-13)23-20(24)18-19(29-12-22-18)14-7-10-16(26-2)17(11-14)27-3/h5-12H,4H2,1-3H3,(H,23,24). The van der Waals surface area contributed by atoms with Gasteiger partial charge in [0.15, 0.2) is 29.3 Å². The highest BCUT2D eigenvalue weighted by molar-refractivity contribution is 6.06. The minimum Gasteiger partial charge on any atom is -0.493 e. The van der Waals surface area contributed by atoms with E-state index in [1.54, 1.807) is 49.4 Å². The van der Waals surface area contributed by atoms with E-state index in [-0.39, 0.29) is 5.69 Å². The lowest BCUT2D eigenvalue weighted by atomic mass is 10.1. The van der Waals surface area contributed by atoms with Gasteiger partial charge < -0.3 is 23.9 Å². The molecule has 29 heavy (non-hydrogen) atoms. The molecule has 1 heterocycles. The number of carbonyl (C=O) groups is 2. The number of hydrogen-bond donors (Lipinski definition) is 1. The summed E-state index contributed by atoms with van der Waals surface area (Å²) in [5, 5.41) is 2.73. The Balaban J connectivity index is 1.80. The molecule has 0 aliphatic rings. The molecular weight excluding hydrogens is 376 g/mol. The van der Waals surface area contributed by atoms with Gasteiger partial charge in [-0.25, -0.2) is 9.78 Å². The average Bonchev–Trinajstić information content (AvgIpc) is 3.24. The largest absolute Gasteiger partial charge is 0.493 e. The fourth-order valence-corrected chi connectivity index (χ4v) is 2.68. The number of methoxy groups -OCH3 is 2. The maximum absolute atomic E-state index is 12.7. The van der Waals surface area contributed by atoms with Gasteiger partial charge in [0.25, 0.3) is 5.91 Å². The van der Waals surface area contributed by atoms with Gasteiger partial charge in [-0.3, -0.25) is 4.79 Å². The Morgan fingerprint density at radius 1 is 1.03 bits per heavy atom. The molecule has 0 saturated heterocycles. The molecule has 0 radical (unpaired) electrons. The molecule has 150 valence electrons. The predicted molar refractivity (Wildman–Crippen MR) is 105 cm³/mol. The van der Waals surface area contributed by atoms with Gasteiger partial charge >= 0.3 is 5.97 Å². The van der Waals surface area contributed by atoms with Crippen molar-refractivity contribution in [3.05, 3.63) is 60.1 Å². The smallest absolute Gasteiger partial charge is 0.338 e. The lowest BCUT2D eigenvalue weighted by Crippen LogP contribution is -2.13. The van der Waals surface area contributed by atoms with Crippen molar-refractivity contribution < 1.29 is 28.2 Å². The molecule has 0 bridgehead atoms. The summed E-state index contributed by atoms with van der Waals surface area (Å²) in [5.74, 6) is 0.488. The molecule has 0 aliphatic heterocycles. The van der Waals surface area contributed by atoms with Gasteiger partial charge in [-0.05, 0) is 49.4 Å². The van der Waals surface area contributed by atoms with Crippen LogP contribution in [0, 0.1) is 0 Å². The van der Waals surface area contributed by atoms with Crippen LogP contribution in [0.4, 0.5) is 5.69 Å². The molecule has 0 saturated carbocycles. The number of ether oxygens (including phenoxy) is 3. The Bertz CT molecular complexity index is 1010. The first-order valence-corrected chi connectivity index (χ1v) is 8.81. The molecule has 1 amide bonds. The minimum atomic E-state index is -0.451. The Labute approximate surface area is 167 Å². The number of rotatable bonds is 7. The van der Waals surface area contributed by atoms with Crippen LogP contribution in [-0.4, -0.2) is 37.7 Å². The monoisotopic (exact) mass is 396 g/mol. The summed E-state index contributed by atoms with van der Waals surface area (Å²) in [5.41, 5.74) is 1.64. The second kappa shape index (κ2) is 8.92. The Kier molecular flexibility index (Phi) is 6.13. The van der Waals surface area contributed by atoms with Gasteiger partial charge in [0, 0.05) is 11.3 Å². The molecule has 0 spiro atoms. The molecular formula is C21H20N2O6. The van der Waals surface area contributed by atoms with E-state index in [0.29, 0.717) is 40.7 Å². The number of nitrogens with one attached hydrogen (secondary N) is 1. The molecule has 0 atom stereocenters. The molecule has 0 aliphatic carbocycles. The topological polar surface area (TPSA) is 99.9 Å². The van der Waals surface area contributed by atoms with E-state index in [2.05, 4.69) is 10.3 Å². The summed E-state index contributed by atoms with van der Waals surface area (Å²) in [7, 11) is 3.06. The van der Waals surface area contributed by atoms with Crippen molar-refractivity contribution in [2.24, 2.45) is 0 Å². The first-order chi connectivity index (χ1) is 14.1. The van der Waals surface area contributed by atoms with Crippen LogP contribution in [0.25, 0.3) is 11.3 Å². The fraction of sp³-hybridized carbons (Fsp3) is 0.190. The molecule has 2 aromatic carbocycles. The van der Waals surface area contributed by atoms with E-state index in [4.69, 9.17) is 18.6 Å². The summed E-state index contributed by atoms with van der Waals surface area (Å²) in [4.78, 5) is 28.4. The van der Waals surface area contributed by atoms with E-state index < -0.39 is 11.9 Å². The Morgan fingerprint density at radius 3 is 2.41 bits per heavy atom. The highest BCUT2D eigenvalue weighted by Gasteiger charge is 2.20. The quantitative estimate of drug-likeness (QED) is 0.607. The van der Waals surface area contributed by atoms with Crippen molar-refractivity contribution in [2.75, 3.05) is 26.1 Å². The Hall–Kier alpha value is -3.81. The van der Waals surface area contributed by atoms with Crippen LogP contribution in [0.2, 0.25) is 0 Å². The molecule has 8 nitrogen and oxygen atoms in total. The zero-order valence-corrected chi connectivity index (χ0v) is 16.2. The number of amides is 1. The van der Waals surface area contributed by atoms with Gasteiger partial charge in [0.05, 0.1) is 26.4 Å². The molecule has 0 fully saturated rings. The maximum Gasteiger partial charge on any atom is 0.338 e. The van der Waals surface area contributed by atoms with Gasteiger partial charge in [-0.15, -0.1) is 0 Å². The third-order valence-electron chi connectivity index (χ3n) is 4.08. The first-order valence-electron chi connectivity index (χ1n) is 8.81. The van der Waals surface area contributed by atoms with E-state index in [1.165, 1.54) is 20.6 Å². The van der Waals surface area contributed by atoms with Gasteiger partial charge in [0.1, 0.15) is 0 Å². The highest BCUT2D eigenvalue weighted by Crippen LogP contribution is 2.33. The van der Waals surface area contributed by atoms with Gasteiger partial charge in [-0.1, -0.05) is 0 Å². The minimum absolute atomic E-state index is 0.117. The van der Waals surface area contributed by atoms with Crippen LogP contribution in [0.3, 0.4) is 0 Å². The first kappa shape index (κ1) is 19.9. The number of carbonyl (C=O) groups excluding carboxylic acids is 2. The van der Waals surface area contributed by atoms with E-state index >= 15 is 0 Å². The molecule has 8 heteroatoms. The number of esters is 1. The number of nitrogens with zero attached hydrogens (tertiary/aromatic N) is 1. The van der Waals surface area contributed by atoms with Crippen LogP contribution < -0.4 is 14.8 Å². The summed E-state index contributed by atoms with van der Waals surface area (Å²) in [6, 6.07) is 11.5. The van der Waals surface area contributed by atoms with Gasteiger partial charge in [0.2, 0.25) is 0 Å². The van der Waals surface area contributed by atoms with Crippen molar-refractivity contribution in [1.82, 2.24) is 4.98 Å². The van der Waals surface area contributed by atoms with Crippen molar-refractivity contribution in [1.29, 1.82) is 0 Å². The lowest BCUT2D eigenvalue weighted by molar-refractivity contribution is 0.0526. The van der Waals surface area contributed by atoms with Crippen LogP contribution in [0.15, 0.2) is 53.3 Å². The summed E-state index contributed by atoms with van der Waals surface area (Å²) >= 11 is 0. The van der Waals surface area contributed by atoms with Crippen LogP contribution in [0.5, 0.6) is 11.5 Å².